The second-order valence-corrected chi connectivity index (χ2v) is 7.60. The summed E-state index contributed by atoms with van der Waals surface area (Å²) in [6, 6.07) is 7.07. The van der Waals surface area contributed by atoms with Crippen molar-refractivity contribution in [2.45, 2.75) is 51.5 Å². The number of anilines is 1. The average molecular weight is 345 g/mol. The molecule has 19 heavy (non-hydrogen) atoms. The summed E-state index contributed by atoms with van der Waals surface area (Å²) in [4.78, 5) is 2.43. The highest BCUT2D eigenvalue weighted by Crippen LogP contribution is 2.38. The Morgan fingerprint density at radius 3 is 2.53 bits per heavy atom. The van der Waals surface area contributed by atoms with E-state index in [4.69, 9.17) is 11.6 Å². The highest BCUT2D eigenvalue weighted by atomic mass is 79.9. The predicted octanol–water partition coefficient (Wildman–Crippen LogP) is 5.59. The third-order valence-corrected chi connectivity index (χ3v) is 5.20. The first-order valence-electron chi connectivity index (χ1n) is 7.00. The molecule has 2 rings (SSSR count). The average Bonchev–Trinajstić information content (AvgIpc) is 2.37. The van der Waals surface area contributed by atoms with Crippen molar-refractivity contribution in [3.05, 3.63) is 28.2 Å². The van der Waals surface area contributed by atoms with Crippen LogP contribution in [-0.4, -0.2) is 13.1 Å². The standard InChI is InChI=1S/C16H23BrClN/c1-16(2)8-6-14(7-9-16)19(3)15-5-4-13(17)10-12(15)11-18/h4-5,10,14H,6-9,11H2,1-3H3. The first kappa shape index (κ1) is 15.2. The molecule has 1 fully saturated rings. The van der Waals surface area contributed by atoms with E-state index in [0.29, 0.717) is 17.3 Å². The zero-order valence-electron chi connectivity index (χ0n) is 12.0. The molecule has 1 aliphatic carbocycles. The molecule has 0 radical (unpaired) electrons. The lowest BCUT2D eigenvalue weighted by atomic mass is 9.75. The van der Waals surface area contributed by atoms with Gasteiger partial charge in [0.2, 0.25) is 0 Å². The van der Waals surface area contributed by atoms with Crippen LogP contribution in [0.25, 0.3) is 0 Å². The maximum atomic E-state index is 6.08. The van der Waals surface area contributed by atoms with Gasteiger partial charge in [-0.3, -0.25) is 0 Å². The summed E-state index contributed by atoms with van der Waals surface area (Å²) in [5.41, 5.74) is 3.01. The lowest BCUT2D eigenvalue weighted by Crippen LogP contribution is -2.37. The van der Waals surface area contributed by atoms with Crippen LogP contribution in [0.1, 0.15) is 45.1 Å². The van der Waals surface area contributed by atoms with E-state index in [1.165, 1.54) is 36.9 Å². The number of hydrogen-bond acceptors (Lipinski definition) is 1. The Balaban J connectivity index is 2.14. The third kappa shape index (κ3) is 3.66. The minimum atomic E-state index is 0.520. The first-order valence-corrected chi connectivity index (χ1v) is 8.33. The Bertz CT molecular complexity index is 434. The van der Waals surface area contributed by atoms with Crippen molar-refractivity contribution in [3.63, 3.8) is 0 Å². The fraction of sp³-hybridized carbons (Fsp3) is 0.625. The molecule has 0 amide bonds. The van der Waals surface area contributed by atoms with Gasteiger partial charge in [-0.25, -0.2) is 0 Å². The van der Waals surface area contributed by atoms with Gasteiger partial charge in [-0.15, -0.1) is 11.6 Å². The molecule has 0 saturated heterocycles. The Hall–Kier alpha value is -0.210. The molecule has 3 heteroatoms. The van der Waals surface area contributed by atoms with E-state index < -0.39 is 0 Å². The quantitative estimate of drug-likeness (QED) is 0.646. The van der Waals surface area contributed by atoms with Crippen LogP contribution in [0.3, 0.4) is 0 Å². The molecule has 1 nitrogen and oxygen atoms in total. The van der Waals surface area contributed by atoms with Gasteiger partial charge in [-0.2, -0.15) is 0 Å². The van der Waals surface area contributed by atoms with Crippen molar-refractivity contribution in [1.29, 1.82) is 0 Å². The monoisotopic (exact) mass is 343 g/mol. The van der Waals surface area contributed by atoms with Crippen LogP contribution in [0.4, 0.5) is 5.69 Å². The van der Waals surface area contributed by atoms with Crippen LogP contribution in [0.5, 0.6) is 0 Å². The largest absolute Gasteiger partial charge is 0.371 e. The molecule has 1 aliphatic rings. The fourth-order valence-corrected chi connectivity index (χ4v) is 3.60. The predicted molar refractivity (Wildman–Crippen MR) is 88.1 cm³/mol. The number of nitrogens with zero attached hydrogens (tertiary/aromatic N) is 1. The van der Waals surface area contributed by atoms with Crippen LogP contribution in [0, 0.1) is 5.41 Å². The molecular weight excluding hydrogens is 322 g/mol. The maximum absolute atomic E-state index is 6.08. The zero-order chi connectivity index (χ0) is 14.0. The molecule has 1 aromatic rings. The number of alkyl halides is 1. The van der Waals surface area contributed by atoms with Gasteiger partial charge >= 0.3 is 0 Å². The van der Waals surface area contributed by atoms with Crippen molar-refractivity contribution in [2.75, 3.05) is 11.9 Å². The van der Waals surface area contributed by atoms with E-state index in [2.05, 4.69) is 59.9 Å². The number of hydrogen-bond donors (Lipinski definition) is 0. The van der Waals surface area contributed by atoms with Crippen molar-refractivity contribution < 1.29 is 0 Å². The minimum absolute atomic E-state index is 0.520. The van der Waals surface area contributed by atoms with E-state index in [0.717, 1.165) is 4.47 Å². The lowest BCUT2D eigenvalue weighted by molar-refractivity contribution is 0.222. The summed E-state index contributed by atoms with van der Waals surface area (Å²) in [5, 5.41) is 0. The van der Waals surface area contributed by atoms with E-state index in [1.807, 2.05) is 0 Å². The minimum Gasteiger partial charge on any atom is -0.371 e. The first-order chi connectivity index (χ1) is 8.93. The van der Waals surface area contributed by atoms with Crippen molar-refractivity contribution in [1.82, 2.24) is 0 Å². The summed E-state index contributed by atoms with van der Waals surface area (Å²) in [6.45, 7) is 4.76. The Labute approximate surface area is 130 Å². The molecule has 0 N–H and O–H groups in total. The van der Waals surface area contributed by atoms with Gasteiger partial charge in [0.1, 0.15) is 0 Å². The van der Waals surface area contributed by atoms with Gasteiger partial charge in [0.05, 0.1) is 0 Å². The van der Waals surface area contributed by atoms with Crippen LogP contribution in [0.2, 0.25) is 0 Å². The van der Waals surface area contributed by atoms with Crippen LogP contribution < -0.4 is 4.90 Å². The maximum Gasteiger partial charge on any atom is 0.0494 e. The SMILES string of the molecule is CN(c1ccc(Br)cc1CCl)C1CCC(C)(C)CC1. The number of rotatable bonds is 3. The van der Waals surface area contributed by atoms with Crippen molar-refractivity contribution >= 4 is 33.2 Å². The van der Waals surface area contributed by atoms with Gasteiger partial charge in [-0.05, 0) is 54.9 Å². The molecule has 0 bridgehead atoms. The number of halogens is 2. The van der Waals surface area contributed by atoms with Crippen LogP contribution in [0.15, 0.2) is 22.7 Å². The summed E-state index contributed by atoms with van der Waals surface area (Å²) in [6.07, 6.45) is 5.19. The van der Waals surface area contributed by atoms with E-state index in [1.54, 1.807) is 0 Å². The fourth-order valence-electron chi connectivity index (χ4n) is 2.97. The molecule has 0 aliphatic heterocycles. The second-order valence-electron chi connectivity index (χ2n) is 6.41. The summed E-state index contributed by atoms with van der Waals surface area (Å²) >= 11 is 9.60. The van der Waals surface area contributed by atoms with E-state index in [9.17, 15) is 0 Å². The van der Waals surface area contributed by atoms with Gasteiger partial charge < -0.3 is 4.90 Å². The Morgan fingerprint density at radius 2 is 1.95 bits per heavy atom. The van der Waals surface area contributed by atoms with E-state index in [-0.39, 0.29) is 0 Å². The zero-order valence-corrected chi connectivity index (χ0v) is 14.4. The molecule has 0 atom stereocenters. The molecule has 1 aromatic carbocycles. The summed E-state index contributed by atoms with van der Waals surface area (Å²) in [5.74, 6) is 0.567. The number of benzene rings is 1. The second kappa shape index (κ2) is 6.05. The highest BCUT2D eigenvalue weighted by molar-refractivity contribution is 9.10. The van der Waals surface area contributed by atoms with Crippen LogP contribution >= 0.6 is 27.5 Å². The Morgan fingerprint density at radius 1 is 1.32 bits per heavy atom. The highest BCUT2D eigenvalue weighted by Gasteiger charge is 2.29. The lowest BCUT2D eigenvalue weighted by Gasteiger charge is -2.40. The molecule has 0 heterocycles. The normalized spacial score (nSPS) is 19.4. The van der Waals surface area contributed by atoms with Crippen LogP contribution in [-0.2, 0) is 5.88 Å². The molecule has 1 saturated carbocycles. The summed E-state index contributed by atoms with van der Waals surface area (Å²) < 4.78 is 1.10. The molecule has 0 unspecified atom stereocenters. The molecule has 106 valence electrons. The van der Waals surface area contributed by atoms with Gasteiger partial charge in [0, 0.05) is 29.1 Å². The smallest absolute Gasteiger partial charge is 0.0494 e. The molecular formula is C16H23BrClN. The van der Waals surface area contributed by atoms with Gasteiger partial charge in [-0.1, -0.05) is 29.8 Å². The van der Waals surface area contributed by atoms with Gasteiger partial charge in [0.25, 0.3) is 0 Å². The topological polar surface area (TPSA) is 3.24 Å². The molecule has 0 aromatic heterocycles. The van der Waals surface area contributed by atoms with Crippen molar-refractivity contribution in [2.24, 2.45) is 5.41 Å². The van der Waals surface area contributed by atoms with Crippen molar-refractivity contribution in [3.8, 4) is 0 Å². The summed E-state index contributed by atoms with van der Waals surface area (Å²) in [7, 11) is 2.21. The van der Waals surface area contributed by atoms with E-state index >= 15 is 0 Å². The third-order valence-electron chi connectivity index (χ3n) is 4.42. The molecule has 0 spiro atoms. The van der Waals surface area contributed by atoms with Gasteiger partial charge in [0.15, 0.2) is 0 Å². The Kier molecular flexibility index (Phi) is 4.84.